The molecule has 0 aromatic heterocycles. The highest BCUT2D eigenvalue weighted by Crippen LogP contribution is 2.49. The molecule has 0 radical (unpaired) electrons. The first-order chi connectivity index (χ1) is 12.8. The maximum absolute atomic E-state index is 13.1. The number of ether oxygens (including phenoxy) is 2. The average Bonchev–Trinajstić information content (AvgIpc) is 2.88. The second-order valence-corrected chi connectivity index (χ2v) is 7.26. The van der Waals surface area contributed by atoms with Gasteiger partial charge in [-0.3, -0.25) is 4.79 Å². The number of terminal acetylenes is 1. The topological polar surface area (TPSA) is 69.7 Å². The summed E-state index contributed by atoms with van der Waals surface area (Å²) in [6.45, 7) is 3.08. The van der Waals surface area contributed by atoms with Gasteiger partial charge in [0.1, 0.15) is 16.6 Å². The highest BCUT2D eigenvalue weighted by molar-refractivity contribution is 6.45. The zero-order valence-electron chi connectivity index (χ0n) is 15.2. The molecular weight excluding hydrogens is 391 g/mol. The van der Waals surface area contributed by atoms with Gasteiger partial charge in [-0.1, -0.05) is 23.2 Å². The van der Waals surface area contributed by atoms with Gasteiger partial charge in [-0.15, -0.1) is 12.3 Å². The molecule has 1 aliphatic carbocycles. The summed E-state index contributed by atoms with van der Waals surface area (Å²) in [6, 6.07) is 1.60. The first-order valence-electron chi connectivity index (χ1n) is 8.52. The lowest BCUT2D eigenvalue weighted by Gasteiger charge is -2.24. The van der Waals surface area contributed by atoms with Gasteiger partial charge in [0.2, 0.25) is 0 Å². The number of halogens is 2. The highest BCUT2D eigenvalue weighted by atomic mass is 35.5. The largest absolute Gasteiger partial charge is 0.480 e. The Hall–Kier alpha value is -2.03. The van der Waals surface area contributed by atoms with Crippen molar-refractivity contribution < 1.29 is 23.9 Å². The van der Waals surface area contributed by atoms with E-state index in [9.17, 15) is 14.4 Å². The molecule has 27 heavy (non-hydrogen) atoms. The summed E-state index contributed by atoms with van der Waals surface area (Å²) in [5.41, 5.74) is 0.0752. The summed E-state index contributed by atoms with van der Waals surface area (Å²) in [5.74, 6) is 1.98. The Balaban J connectivity index is 2.36. The number of benzene rings is 1. The Kier molecular flexibility index (Phi) is 6.91. The van der Waals surface area contributed by atoms with Gasteiger partial charge < -0.3 is 14.3 Å². The molecule has 7 heteroatoms. The molecule has 0 spiro atoms. The van der Waals surface area contributed by atoms with Crippen LogP contribution in [0.25, 0.3) is 0 Å². The summed E-state index contributed by atoms with van der Waals surface area (Å²) in [4.78, 5) is 36.0. The molecule has 5 nitrogen and oxygen atoms in total. The summed E-state index contributed by atoms with van der Waals surface area (Å²) >= 11 is 12.6. The molecule has 1 aromatic rings. The third-order valence-corrected chi connectivity index (χ3v) is 5.39. The van der Waals surface area contributed by atoms with Crippen molar-refractivity contribution in [3.05, 3.63) is 27.2 Å². The molecule has 1 unspecified atom stereocenters. The van der Waals surface area contributed by atoms with Crippen molar-refractivity contribution in [3.8, 4) is 18.1 Å². The monoisotopic (exact) mass is 410 g/mol. The van der Waals surface area contributed by atoms with Gasteiger partial charge in [-0.05, 0) is 38.3 Å². The van der Waals surface area contributed by atoms with E-state index < -0.39 is 11.4 Å². The predicted octanol–water partition coefficient (Wildman–Crippen LogP) is 4.05. The van der Waals surface area contributed by atoms with E-state index in [1.807, 2.05) is 0 Å². The van der Waals surface area contributed by atoms with Gasteiger partial charge in [0.25, 0.3) is 0 Å². The molecule has 1 atom stereocenters. The Morgan fingerprint density at radius 1 is 1.33 bits per heavy atom. The molecule has 1 aromatic carbocycles. The van der Waals surface area contributed by atoms with Crippen LogP contribution in [-0.4, -0.2) is 30.7 Å². The Morgan fingerprint density at radius 2 is 2.04 bits per heavy atom. The van der Waals surface area contributed by atoms with Crippen molar-refractivity contribution in [2.75, 3.05) is 13.2 Å². The fourth-order valence-electron chi connectivity index (χ4n) is 3.24. The van der Waals surface area contributed by atoms with Crippen LogP contribution < -0.4 is 4.74 Å². The standard InChI is InChI=1S/C20H20Cl2O5/c1-4-7-20(8-6-12(3)23)10-13-9-14(27-11-15(24)26-5-2)17(21)18(22)16(13)19(20)25/h1,9H,5-8,10-11H2,2-3H3. The molecule has 2 rings (SSSR count). The van der Waals surface area contributed by atoms with Crippen LogP contribution in [0.5, 0.6) is 5.75 Å². The molecule has 0 bridgehead atoms. The minimum Gasteiger partial charge on any atom is -0.480 e. The number of carbonyl (C=O) groups excluding carboxylic acids is 3. The van der Waals surface area contributed by atoms with E-state index in [-0.39, 0.29) is 53.4 Å². The number of ketones is 2. The zero-order valence-corrected chi connectivity index (χ0v) is 16.7. The van der Waals surface area contributed by atoms with E-state index in [1.165, 1.54) is 6.92 Å². The third-order valence-electron chi connectivity index (χ3n) is 4.54. The van der Waals surface area contributed by atoms with Crippen LogP contribution in [0.15, 0.2) is 6.07 Å². The third kappa shape index (κ3) is 4.45. The lowest BCUT2D eigenvalue weighted by atomic mass is 9.76. The van der Waals surface area contributed by atoms with Gasteiger partial charge in [0.15, 0.2) is 12.4 Å². The van der Waals surface area contributed by atoms with Crippen molar-refractivity contribution >= 4 is 40.7 Å². The van der Waals surface area contributed by atoms with Gasteiger partial charge >= 0.3 is 5.97 Å². The Morgan fingerprint density at radius 3 is 2.63 bits per heavy atom. The quantitative estimate of drug-likeness (QED) is 0.477. The average molecular weight is 411 g/mol. The highest BCUT2D eigenvalue weighted by Gasteiger charge is 2.46. The summed E-state index contributed by atoms with van der Waals surface area (Å²) < 4.78 is 10.2. The van der Waals surface area contributed by atoms with Crippen molar-refractivity contribution in [3.63, 3.8) is 0 Å². The van der Waals surface area contributed by atoms with Gasteiger partial charge in [0.05, 0.1) is 11.6 Å². The van der Waals surface area contributed by atoms with Crippen LogP contribution >= 0.6 is 23.2 Å². The Bertz CT molecular complexity index is 825. The number of fused-ring (bicyclic) bond motifs is 1. The maximum Gasteiger partial charge on any atom is 0.344 e. The van der Waals surface area contributed by atoms with E-state index in [1.54, 1.807) is 13.0 Å². The van der Waals surface area contributed by atoms with Gasteiger partial charge in [-0.2, -0.15) is 0 Å². The summed E-state index contributed by atoms with van der Waals surface area (Å²) in [6.07, 6.45) is 6.61. The molecule has 0 amide bonds. The molecule has 0 fully saturated rings. The molecular formula is C20H20Cl2O5. The van der Waals surface area contributed by atoms with Crippen LogP contribution in [-0.2, 0) is 20.7 Å². The smallest absolute Gasteiger partial charge is 0.344 e. The van der Waals surface area contributed by atoms with Crippen LogP contribution in [0.1, 0.15) is 49.0 Å². The number of Topliss-reactive ketones (excluding diaryl/α,β-unsaturated/α-hetero) is 2. The summed E-state index contributed by atoms with van der Waals surface area (Å²) in [7, 11) is 0. The molecule has 0 heterocycles. The van der Waals surface area contributed by atoms with E-state index in [4.69, 9.17) is 39.1 Å². The molecule has 0 aliphatic heterocycles. The van der Waals surface area contributed by atoms with Crippen molar-refractivity contribution in [1.29, 1.82) is 0 Å². The fraction of sp³-hybridized carbons (Fsp3) is 0.450. The normalized spacial score (nSPS) is 18.0. The van der Waals surface area contributed by atoms with Crippen molar-refractivity contribution in [2.24, 2.45) is 5.41 Å². The minimum absolute atomic E-state index is 0.0160. The second kappa shape index (κ2) is 8.77. The molecule has 0 saturated carbocycles. The van der Waals surface area contributed by atoms with Gasteiger partial charge in [0, 0.05) is 23.8 Å². The van der Waals surface area contributed by atoms with E-state index in [0.29, 0.717) is 24.0 Å². The van der Waals surface area contributed by atoms with Crippen LogP contribution in [0.4, 0.5) is 0 Å². The predicted molar refractivity (Wildman–Crippen MR) is 102 cm³/mol. The first kappa shape index (κ1) is 21.3. The molecule has 0 saturated heterocycles. The van der Waals surface area contributed by atoms with E-state index >= 15 is 0 Å². The molecule has 144 valence electrons. The molecule has 1 aliphatic rings. The number of carbonyl (C=O) groups is 3. The minimum atomic E-state index is -0.879. The van der Waals surface area contributed by atoms with E-state index in [0.717, 1.165) is 0 Å². The molecule has 0 N–H and O–H groups in total. The van der Waals surface area contributed by atoms with Crippen LogP contribution in [0.2, 0.25) is 10.0 Å². The second-order valence-electron chi connectivity index (χ2n) is 6.50. The first-order valence-corrected chi connectivity index (χ1v) is 9.28. The maximum atomic E-state index is 13.1. The zero-order chi connectivity index (χ0) is 20.2. The van der Waals surface area contributed by atoms with E-state index in [2.05, 4.69) is 5.92 Å². The number of hydrogen-bond donors (Lipinski definition) is 0. The van der Waals surface area contributed by atoms with Crippen LogP contribution in [0, 0.1) is 17.8 Å². The van der Waals surface area contributed by atoms with Crippen LogP contribution in [0.3, 0.4) is 0 Å². The summed E-state index contributed by atoms with van der Waals surface area (Å²) in [5, 5.41) is 0.121. The number of esters is 1. The Labute approximate surface area is 168 Å². The van der Waals surface area contributed by atoms with Gasteiger partial charge in [-0.25, -0.2) is 4.79 Å². The van der Waals surface area contributed by atoms with Crippen molar-refractivity contribution in [1.82, 2.24) is 0 Å². The number of rotatable bonds is 8. The van der Waals surface area contributed by atoms with Crippen molar-refractivity contribution in [2.45, 2.75) is 39.5 Å². The fourth-order valence-corrected chi connectivity index (χ4v) is 3.74. The lowest BCUT2D eigenvalue weighted by Crippen LogP contribution is -2.28. The lowest BCUT2D eigenvalue weighted by molar-refractivity contribution is -0.145. The number of hydrogen-bond acceptors (Lipinski definition) is 5. The SMILES string of the molecule is C#CCC1(CCC(C)=O)Cc2cc(OCC(=O)OCC)c(Cl)c(Cl)c2C1=O.